The van der Waals surface area contributed by atoms with Crippen LogP contribution in [-0.4, -0.2) is 11.8 Å². The molecule has 1 aromatic carbocycles. The van der Waals surface area contributed by atoms with Crippen molar-refractivity contribution in [2.24, 2.45) is 0 Å². The molecular weight excluding hydrogens is 216 g/mol. The summed E-state index contributed by atoms with van der Waals surface area (Å²) in [6, 6.07) is 1.90. The Balaban J connectivity index is 2.57. The van der Waals surface area contributed by atoms with Gasteiger partial charge in [0.2, 0.25) is 0 Å². The largest absolute Gasteiger partial charge is 0.289 e. The summed E-state index contributed by atoms with van der Waals surface area (Å²) < 4.78 is 26.7. The molecule has 2 amide bonds. The van der Waals surface area contributed by atoms with E-state index >= 15 is 0 Å². The number of halogens is 2. The number of amides is 2. The van der Waals surface area contributed by atoms with Gasteiger partial charge in [0, 0.05) is 11.6 Å². The molecule has 0 saturated heterocycles. The zero-order valence-electron chi connectivity index (χ0n) is 8.30. The highest BCUT2D eigenvalue weighted by molar-refractivity contribution is 6.33. The summed E-state index contributed by atoms with van der Waals surface area (Å²) in [5, 5.41) is 1.97. The summed E-state index contributed by atoms with van der Waals surface area (Å²) in [6.07, 6.45) is 0.954. The lowest BCUT2D eigenvalue weighted by Gasteiger charge is -2.04. The van der Waals surface area contributed by atoms with Crippen molar-refractivity contribution < 1.29 is 18.4 Å². The van der Waals surface area contributed by atoms with Crippen LogP contribution in [0.3, 0.4) is 0 Å². The van der Waals surface area contributed by atoms with Crippen molar-refractivity contribution in [2.75, 3.05) is 0 Å². The molecule has 1 aromatic rings. The number of rotatable bonds is 1. The topological polar surface area (TPSA) is 46.2 Å². The van der Waals surface area contributed by atoms with E-state index in [4.69, 9.17) is 0 Å². The van der Waals surface area contributed by atoms with Gasteiger partial charge in [-0.3, -0.25) is 14.9 Å². The number of nitrogens with one attached hydrogen (secondary N) is 1. The average Bonchev–Trinajstić information content (AvgIpc) is 2.51. The molecule has 0 unspecified atom stereocenters. The van der Waals surface area contributed by atoms with Crippen molar-refractivity contribution >= 4 is 17.4 Å². The van der Waals surface area contributed by atoms with Crippen LogP contribution < -0.4 is 5.32 Å². The number of benzene rings is 1. The lowest BCUT2D eigenvalue weighted by Crippen LogP contribution is -2.22. The molecule has 0 fully saturated rings. The fourth-order valence-electron chi connectivity index (χ4n) is 1.46. The maximum absolute atomic E-state index is 13.5. The van der Waals surface area contributed by atoms with Crippen LogP contribution in [0.5, 0.6) is 0 Å². The molecule has 0 atom stereocenters. The summed E-state index contributed by atoms with van der Waals surface area (Å²) in [4.78, 5) is 22.1. The van der Waals surface area contributed by atoms with Gasteiger partial charge in [-0.05, 0) is 24.6 Å². The Morgan fingerprint density at radius 1 is 1.12 bits per heavy atom. The van der Waals surface area contributed by atoms with Crippen molar-refractivity contribution in [2.45, 2.75) is 6.92 Å². The molecular formula is C11H7F2NO2. The SMILES string of the molecule is Cc1cc(F)c(C2=CC(=O)NC2=O)cc1F. The van der Waals surface area contributed by atoms with Gasteiger partial charge in [0.05, 0.1) is 5.57 Å². The zero-order valence-corrected chi connectivity index (χ0v) is 8.30. The molecule has 0 radical (unpaired) electrons. The van der Waals surface area contributed by atoms with Crippen molar-refractivity contribution in [3.8, 4) is 0 Å². The van der Waals surface area contributed by atoms with Crippen molar-refractivity contribution in [1.29, 1.82) is 0 Å². The van der Waals surface area contributed by atoms with Crippen LogP contribution in [0.25, 0.3) is 5.57 Å². The van der Waals surface area contributed by atoms with Crippen LogP contribution in [-0.2, 0) is 9.59 Å². The first-order valence-electron chi connectivity index (χ1n) is 4.52. The van der Waals surface area contributed by atoms with Gasteiger partial charge < -0.3 is 0 Å². The third kappa shape index (κ3) is 1.60. The standard InChI is InChI=1S/C11H7F2NO2/c1-5-2-9(13)6(3-8(5)12)7-4-10(15)14-11(7)16/h2-4H,1H3,(H,14,15,16). The number of aryl methyl sites for hydroxylation is 1. The molecule has 1 heterocycles. The molecule has 1 aliphatic heterocycles. The van der Waals surface area contributed by atoms with E-state index < -0.39 is 23.4 Å². The monoisotopic (exact) mass is 223 g/mol. The van der Waals surface area contributed by atoms with Crippen molar-refractivity contribution in [3.05, 3.63) is 41.0 Å². The average molecular weight is 223 g/mol. The van der Waals surface area contributed by atoms with Crippen LogP contribution >= 0.6 is 0 Å². The van der Waals surface area contributed by atoms with E-state index in [9.17, 15) is 18.4 Å². The van der Waals surface area contributed by atoms with Crippen LogP contribution in [0.4, 0.5) is 8.78 Å². The molecule has 0 aromatic heterocycles. The molecule has 82 valence electrons. The quantitative estimate of drug-likeness (QED) is 0.729. The number of hydrogen-bond donors (Lipinski definition) is 1. The smallest absolute Gasteiger partial charge is 0.259 e. The third-order valence-corrected chi connectivity index (χ3v) is 2.30. The molecule has 1 N–H and O–H groups in total. The van der Waals surface area contributed by atoms with Gasteiger partial charge in [-0.1, -0.05) is 0 Å². The maximum atomic E-state index is 13.5. The van der Waals surface area contributed by atoms with Crippen LogP contribution in [0.1, 0.15) is 11.1 Å². The second-order valence-electron chi connectivity index (χ2n) is 3.46. The number of hydrogen-bond acceptors (Lipinski definition) is 2. The van der Waals surface area contributed by atoms with Gasteiger partial charge in [0.1, 0.15) is 11.6 Å². The van der Waals surface area contributed by atoms with Crippen LogP contribution in [0.2, 0.25) is 0 Å². The Bertz CT molecular complexity index is 535. The fraction of sp³-hybridized carbons (Fsp3) is 0.0909. The third-order valence-electron chi connectivity index (χ3n) is 2.30. The highest BCUT2D eigenvalue weighted by Gasteiger charge is 2.25. The minimum atomic E-state index is -0.727. The van der Waals surface area contributed by atoms with Crippen molar-refractivity contribution in [3.63, 3.8) is 0 Å². The summed E-state index contributed by atoms with van der Waals surface area (Å²) in [5.41, 5.74) is -0.209. The normalized spacial score (nSPS) is 15.1. The molecule has 0 saturated carbocycles. The van der Waals surface area contributed by atoms with E-state index in [1.54, 1.807) is 0 Å². The highest BCUT2D eigenvalue weighted by atomic mass is 19.1. The van der Waals surface area contributed by atoms with Gasteiger partial charge in [0.15, 0.2) is 0 Å². The first-order valence-corrected chi connectivity index (χ1v) is 4.52. The van der Waals surface area contributed by atoms with Crippen molar-refractivity contribution in [1.82, 2.24) is 5.32 Å². The Labute approximate surface area is 89.8 Å². The van der Waals surface area contributed by atoms with Crippen LogP contribution in [0.15, 0.2) is 18.2 Å². The summed E-state index contributed by atoms with van der Waals surface area (Å²) in [7, 11) is 0. The predicted molar refractivity (Wildman–Crippen MR) is 52.2 cm³/mol. The first-order chi connectivity index (χ1) is 7.49. The summed E-state index contributed by atoms with van der Waals surface area (Å²) in [6.45, 7) is 1.41. The minimum Gasteiger partial charge on any atom is -0.289 e. The minimum absolute atomic E-state index is 0.145. The lowest BCUT2D eigenvalue weighted by molar-refractivity contribution is -0.123. The zero-order chi connectivity index (χ0) is 11.9. The van der Waals surface area contributed by atoms with E-state index in [0.717, 1.165) is 18.2 Å². The summed E-state index contributed by atoms with van der Waals surface area (Å²) >= 11 is 0. The van der Waals surface area contributed by atoms with E-state index in [1.165, 1.54) is 6.92 Å². The molecule has 16 heavy (non-hydrogen) atoms. The van der Waals surface area contributed by atoms with Gasteiger partial charge in [-0.2, -0.15) is 0 Å². The Morgan fingerprint density at radius 3 is 2.38 bits per heavy atom. The van der Waals surface area contributed by atoms with Gasteiger partial charge in [-0.25, -0.2) is 8.78 Å². The maximum Gasteiger partial charge on any atom is 0.259 e. The van der Waals surface area contributed by atoms with E-state index in [2.05, 4.69) is 0 Å². The number of carbonyl (C=O) groups is 2. The summed E-state index contributed by atoms with van der Waals surface area (Å²) in [5.74, 6) is -2.69. The number of imide groups is 1. The molecule has 1 aliphatic rings. The van der Waals surface area contributed by atoms with Gasteiger partial charge in [-0.15, -0.1) is 0 Å². The van der Waals surface area contributed by atoms with E-state index in [1.807, 2.05) is 5.32 Å². The van der Waals surface area contributed by atoms with Gasteiger partial charge >= 0.3 is 0 Å². The first kappa shape index (κ1) is 10.5. The second kappa shape index (κ2) is 3.52. The van der Waals surface area contributed by atoms with Gasteiger partial charge in [0.25, 0.3) is 11.8 Å². The van der Waals surface area contributed by atoms with Crippen LogP contribution in [0, 0.1) is 18.6 Å². The molecule has 0 bridgehead atoms. The highest BCUT2D eigenvalue weighted by Crippen LogP contribution is 2.23. The molecule has 0 aliphatic carbocycles. The Morgan fingerprint density at radius 2 is 1.81 bits per heavy atom. The number of carbonyl (C=O) groups excluding carboxylic acids is 2. The lowest BCUT2D eigenvalue weighted by atomic mass is 10.0. The molecule has 5 heteroatoms. The second-order valence-corrected chi connectivity index (χ2v) is 3.46. The predicted octanol–water partition coefficient (Wildman–Crippen LogP) is 1.31. The van der Waals surface area contributed by atoms with E-state index in [0.29, 0.717) is 0 Å². The fourth-order valence-corrected chi connectivity index (χ4v) is 1.46. The molecule has 0 spiro atoms. The molecule has 2 rings (SSSR count). The van der Waals surface area contributed by atoms with E-state index in [-0.39, 0.29) is 16.7 Å². The Kier molecular flexibility index (Phi) is 2.30. The molecule has 3 nitrogen and oxygen atoms in total. The Hall–Kier alpha value is -2.04.